The summed E-state index contributed by atoms with van der Waals surface area (Å²) in [5, 5.41) is 7.47. The number of nitrogens with zero attached hydrogens (tertiary/aromatic N) is 4. The molecule has 8 nitrogen and oxygen atoms in total. The van der Waals surface area contributed by atoms with Crippen molar-refractivity contribution in [3.8, 4) is 0 Å². The number of aromatic nitrogens is 4. The maximum absolute atomic E-state index is 12.3. The Balaban J connectivity index is 2.48. The number of carbonyl (C=O) groups excluding carboxylic acids is 1. The number of rotatable bonds is 5. The van der Waals surface area contributed by atoms with Crippen LogP contribution in [-0.2, 0) is 10.3 Å². The van der Waals surface area contributed by atoms with Gasteiger partial charge in [0, 0.05) is 13.1 Å². The lowest BCUT2D eigenvalue weighted by Gasteiger charge is -2.22. The highest BCUT2D eigenvalue weighted by atomic mass is 16.2. The van der Waals surface area contributed by atoms with Crippen molar-refractivity contribution in [2.45, 2.75) is 40.2 Å². The highest BCUT2D eigenvalue weighted by Crippen LogP contribution is 2.19. The van der Waals surface area contributed by atoms with E-state index in [4.69, 9.17) is 0 Å². The Morgan fingerprint density at radius 1 is 1.39 bits per heavy atom. The number of amides is 1. The van der Waals surface area contributed by atoms with Crippen molar-refractivity contribution in [3.05, 3.63) is 16.6 Å². The minimum absolute atomic E-state index is 0.110. The number of nitrogens with one attached hydrogen (secondary N) is 2. The van der Waals surface area contributed by atoms with Crippen LogP contribution in [0.1, 0.15) is 34.6 Å². The molecule has 0 fully saturated rings. The van der Waals surface area contributed by atoms with Crippen molar-refractivity contribution in [3.63, 3.8) is 0 Å². The van der Waals surface area contributed by atoms with E-state index in [1.54, 1.807) is 9.58 Å². The van der Waals surface area contributed by atoms with Gasteiger partial charge in [0.2, 0.25) is 11.9 Å². The molecular formula is C15H24N6O2. The second kappa shape index (κ2) is 6.39. The van der Waals surface area contributed by atoms with Gasteiger partial charge in [0.05, 0.1) is 18.3 Å². The molecule has 0 unspecified atom stereocenters. The van der Waals surface area contributed by atoms with Gasteiger partial charge < -0.3 is 10.2 Å². The fraction of sp³-hybridized carbons (Fsp3) is 0.600. The van der Waals surface area contributed by atoms with Crippen molar-refractivity contribution in [2.75, 3.05) is 24.5 Å². The number of fused-ring (bicyclic) bond motifs is 1. The smallest absolute Gasteiger partial charge is 0.263 e. The van der Waals surface area contributed by atoms with Crippen molar-refractivity contribution < 1.29 is 4.79 Å². The van der Waals surface area contributed by atoms with Crippen molar-refractivity contribution in [2.24, 2.45) is 0 Å². The van der Waals surface area contributed by atoms with E-state index in [-0.39, 0.29) is 23.6 Å². The van der Waals surface area contributed by atoms with Gasteiger partial charge in [0.15, 0.2) is 5.65 Å². The van der Waals surface area contributed by atoms with Gasteiger partial charge in [0.1, 0.15) is 5.39 Å². The molecule has 0 aliphatic carbocycles. The number of likely N-dealkylation sites (N-methyl/N-ethyl adjacent to an activating group) is 2. The van der Waals surface area contributed by atoms with E-state index < -0.39 is 0 Å². The minimum Gasteiger partial charge on any atom is -0.355 e. The molecular weight excluding hydrogens is 296 g/mol. The molecule has 0 aliphatic rings. The lowest BCUT2D eigenvalue weighted by atomic mass is 10.1. The van der Waals surface area contributed by atoms with Gasteiger partial charge in [-0.1, -0.05) is 0 Å². The Hall–Kier alpha value is -2.38. The zero-order valence-corrected chi connectivity index (χ0v) is 14.3. The van der Waals surface area contributed by atoms with E-state index in [0.717, 1.165) is 0 Å². The predicted molar refractivity (Wildman–Crippen MR) is 89.7 cm³/mol. The summed E-state index contributed by atoms with van der Waals surface area (Å²) in [5.74, 6) is 0.267. The van der Waals surface area contributed by atoms with Crippen molar-refractivity contribution >= 4 is 22.9 Å². The Kier molecular flexibility index (Phi) is 4.72. The van der Waals surface area contributed by atoms with E-state index in [1.165, 1.54) is 6.20 Å². The standard InChI is InChI=1S/C15H24N6O2/c1-6-16-11(22)9-20(7-2)14-18-12-10(13(23)19-14)8-17-21(12)15(3,4)5/h8H,6-7,9H2,1-5H3,(H,16,22)(H,18,19,23). The molecule has 0 aromatic carbocycles. The van der Waals surface area contributed by atoms with Gasteiger partial charge in [-0.25, -0.2) is 4.68 Å². The summed E-state index contributed by atoms with van der Waals surface area (Å²) in [6, 6.07) is 0. The first-order valence-corrected chi connectivity index (χ1v) is 7.78. The van der Waals surface area contributed by atoms with Crippen LogP contribution in [0.2, 0.25) is 0 Å². The molecule has 23 heavy (non-hydrogen) atoms. The molecule has 2 heterocycles. The molecule has 8 heteroatoms. The summed E-state index contributed by atoms with van der Waals surface area (Å²) in [7, 11) is 0. The minimum atomic E-state index is -0.295. The van der Waals surface area contributed by atoms with E-state index in [9.17, 15) is 9.59 Å². The van der Waals surface area contributed by atoms with E-state index in [2.05, 4.69) is 20.4 Å². The third kappa shape index (κ3) is 3.52. The quantitative estimate of drug-likeness (QED) is 0.851. The number of carbonyl (C=O) groups is 1. The van der Waals surface area contributed by atoms with Gasteiger partial charge in [-0.2, -0.15) is 10.1 Å². The normalized spacial score (nSPS) is 11.7. The largest absolute Gasteiger partial charge is 0.355 e. The molecule has 0 aliphatic heterocycles. The third-order valence-electron chi connectivity index (χ3n) is 3.45. The summed E-state index contributed by atoms with van der Waals surface area (Å²) < 4.78 is 1.72. The monoisotopic (exact) mass is 320 g/mol. The zero-order chi connectivity index (χ0) is 17.2. The molecule has 126 valence electrons. The number of anilines is 1. The molecule has 1 amide bonds. The van der Waals surface area contributed by atoms with E-state index in [0.29, 0.717) is 30.1 Å². The maximum Gasteiger partial charge on any atom is 0.263 e. The van der Waals surface area contributed by atoms with Crippen LogP contribution in [-0.4, -0.2) is 45.3 Å². The van der Waals surface area contributed by atoms with Gasteiger partial charge >= 0.3 is 0 Å². The zero-order valence-electron chi connectivity index (χ0n) is 14.3. The summed E-state index contributed by atoms with van der Waals surface area (Å²) in [6.45, 7) is 11.0. The van der Waals surface area contributed by atoms with Gasteiger partial charge in [-0.15, -0.1) is 0 Å². The Morgan fingerprint density at radius 3 is 2.65 bits per heavy atom. The van der Waals surface area contributed by atoms with Crippen LogP contribution < -0.4 is 15.8 Å². The molecule has 2 N–H and O–H groups in total. The first-order chi connectivity index (χ1) is 10.8. The fourth-order valence-corrected chi connectivity index (χ4v) is 2.31. The topological polar surface area (TPSA) is 95.9 Å². The van der Waals surface area contributed by atoms with Crippen LogP contribution in [0.3, 0.4) is 0 Å². The van der Waals surface area contributed by atoms with Crippen LogP contribution in [0.4, 0.5) is 5.95 Å². The van der Waals surface area contributed by atoms with Crippen molar-refractivity contribution in [1.82, 2.24) is 25.1 Å². The molecule has 2 aromatic rings. The van der Waals surface area contributed by atoms with Gasteiger partial charge in [-0.3, -0.25) is 14.6 Å². The lowest BCUT2D eigenvalue weighted by Crippen LogP contribution is -2.38. The molecule has 0 atom stereocenters. The average Bonchev–Trinajstić information content (AvgIpc) is 2.89. The Labute approximate surface area is 134 Å². The number of hydrogen-bond acceptors (Lipinski definition) is 5. The lowest BCUT2D eigenvalue weighted by molar-refractivity contribution is -0.119. The number of H-pyrrole nitrogens is 1. The molecule has 0 radical (unpaired) electrons. The van der Waals surface area contributed by atoms with Crippen molar-refractivity contribution in [1.29, 1.82) is 0 Å². The molecule has 0 spiro atoms. The molecule has 0 saturated heterocycles. The van der Waals surface area contributed by atoms with Crippen LogP contribution in [0.5, 0.6) is 0 Å². The second-order valence-corrected chi connectivity index (χ2v) is 6.32. The number of hydrogen-bond donors (Lipinski definition) is 2. The third-order valence-corrected chi connectivity index (χ3v) is 3.45. The molecule has 0 bridgehead atoms. The molecule has 2 aromatic heterocycles. The SMILES string of the molecule is CCNC(=O)CN(CC)c1nc2c(cnn2C(C)(C)C)c(=O)[nH]1. The van der Waals surface area contributed by atoms with Crippen LogP contribution in [0.15, 0.2) is 11.0 Å². The average molecular weight is 320 g/mol. The van der Waals surface area contributed by atoms with Gasteiger partial charge in [0.25, 0.3) is 5.56 Å². The maximum atomic E-state index is 12.3. The molecule has 2 rings (SSSR count). The first kappa shape index (κ1) is 17.0. The summed E-state index contributed by atoms with van der Waals surface area (Å²) >= 11 is 0. The Bertz CT molecular complexity index is 755. The Morgan fingerprint density at radius 2 is 2.09 bits per heavy atom. The summed E-state index contributed by atoms with van der Waals surface area (Å²) in [6.07, 6.45) is 1.52. The fourth-order valence-electron chi connectivity index (χ4n) is 2.31. The second-order valence-electron chi connectivity index (χ2n) is 6.32. The number of aromatic amines is 1. The predicted octanol–water partition coefficient (Wildman–Crippen LogP) is 0.837. The van der Waals surface area contributed by atoms with Crippen LogP contribution in [0.25, 0.3) is 11.0 Å². The summed E-state index contributed by atoms with van der Waals surface area (Å²) in [4.78, 5) is 33.1. The van der Waals surface area contributed by atoms with Crippen LogP contribution >= 0.6 is 0 Å². The first-order valence-electron chi connectivity index (χ1n) is 7.78. The van der Waals surface area contributed by atoms with E-state index in [1.807, 2.05) is 34.6 Å². The molecule has 0 saturated carbocycles. The van der Waals surface area contributed by atoms with E-state index >= 15 is 0 Å². The van der Waals surface area contributed by atoms with Gasteiger partial charge in [-0.05, 0) is 34.6 Å². The summed E-state index contributed by atoms with van der Waals surface area (Å²) in [5.41, 5.74) is -0.0309. The van der Waals surface area contributed by atoms with Crippen LogP contribution in [0, 0.1) is 0 Å². The highest BCUT2D eigenvalue weighted by molar-refractivity contribution is 5.81. The highest BCUT2D eigenvalue weighted by Gasteiger charge is 2.21.